The number of aryl methyl sites for hydroxylation is 4. The van der Waals surface area contributed by atoms with Gasteiger partial charge in [0, 0.05) is 18.4 Å². The smallest absolute Gasteiger partial charge is 0.273 e. The molecule has 2 aromatic heterocycles. The lowest BCUT2D eigenvalue weighted by Gasteiger charge is -2.09. The molecule has 0 aliphatic carbocycles. The molecule has 0 atom stereocenters. The largest absolute Gasteiger partial charge is 0.321 e. The van der Waals surface area contributed by atoms with E-state index in [2.05, 4.69) is 15.5 Å². The van der Waals surface area contributed by atoms with Crippen molar-refractivity contribution in [2.24, 2.45) is 7.05 Å². The number of rotatable bonds is 3. The Morgan fingerprint density at radius 2 is 1.78 bits per heavy atom. The average molecular weight is 309 g/mol. The zero-order chi connectivity index (χ0) is 16.6. The summed E-state index contributed by atoms with van der Waals surface area (Å²) in [5, 5.41) is 11.6. The Hall–Kier alpha value is -2.89. The van der Waals surface area contributed by atoms with E-state index in [-0.39, 0.29) is 5.91 Å². The van der Waals surface area contributed by atoms with Crippen LogP contribution in [0.2, 0.25) is 0 Å². The van der Waals surface area contributed by atoms with E-state index >= 15 is 0 Å². The van der Waals surface area contributed by atoms with Gasteiger partial charge < -0.3 is 5.32 Å². The summed E-state index contributed by atoms with van der Waals surface area (Å²) in [6, 6.07) is 11.4. The number of benzene rings is 1. The van der Waals surface area contributed by atoms with Gasteiger partial charge in [-0.3, -0.25) is 9.48 Å². The fourth-order valence-corrected chi connectivity index (χ4v) is 2.62. The van der Waals surface area contributed by atoms with E-state index in [4.69, 9.17) is 0 Å². The van der Waals surface area contributed by atoms with Crippen molar-refractivity contribution in [3.8, 4) is 5.69 Å². The first-order chi connectivity index (χ1) is 10.9. The number of nitrogens with zero attached hydrogens (tertiary/aromatic N) is 4. The van der Waals surface area contributed by atoms with Gasteiger partial charge in [-0.25, -0.2) is 4.68 Å². The molecule has 6 nitrogen and oxygen atoms in total. The standard InChI is InChI=1S/C17H19N5O/c1-11-8-13(3)22(20-11)15-7-5-6-14(10-15)18-17(23)16-9-12(2)19-21(16)4/h5-10H,1-4H3,(H,18,23). The highest BCUT2D eigenvalue weighted by Crippen LogP contribution is 2.17. The third-order valence-electron chi connectivity index (χ3n) is 3.59. The van der Waals surface area contributed by atoms with E-state index < -0.39 is 0 Å². The van der Waals surface area contributed by atoms with Gasteiger partial charge >= 0.3 is 0 Å². The topological polar surface area (TPSA) is 64.7 Å². The minimum atomic E-state index is -0.182. The molecular formula is C17H19N5O. The minimum Gasteiger partial charge on any atom is -0.321 e. The van der Waals surface area contributed by atoms with E-state index in [1.165, 1.54) is 0 Å². The normalized spacial score (nSPS) is 10.8. The number of anilines is 1. The van der Waals surface area contributed by atoms with E-state index in [1.807, 2.05) is 55.8 Å². The molecule has 3 rings (SSSR count). The predicted molar refractivity (Wildman–Crippen MR) is 88.9 cm³/mol. The summed E-state index contributed by atoms with van der Waals surface area (Å²) < 4.78 is 3.44. The molecule has 0 saturated carbocycles. The summed E-state index contributed by atoms with van der Waals surface area (Å²) in [6.45, 7) is 5.82. The SMILES string of the molecule is Cc1cc(C(=O)Nc2cccc(-n3nc(C)cc3C)c2)n(C)n1. The molecule has 0 aliphatic rings. The summed E-state index contributed by atoms with van der Waals surface area (Å²) in [6.07, 6.45) is 0. The lowest BCUT2D eigenvalue weighted by atomic mass is 10.2. The van der Waals surface area contributed by atoms with Crippen LogP contribution in [-0.2, 0) is 7.05 Å². The molecule has 0 spiro atoms. The molecule has 118 valence electrons. The fourth-order valence-electron chi connectivity index (χ4n) is 2.62. The number of carbonyl (C=O) groups is 1. The van der Waals surface area contributed by atoms with Crippen LogP contribution in [0.1, 0.15) is 27.6 Å². The lowest BCUT2D eigenvalue weighted by Crippen LogP contribution is -2.16. The van der Waals surface area contributed by atoms with Crippen LogP contribution in [0, 0.1) is 20.8 Å². The average Bonchev–Trinajstić information content (AvgIpc) is 3.00. The van der Waals surface area contributed by atoms with Crippen molar-refractivity contribution in [2.45, 2.75) is 20.8 Å². The molecule has 23 heavy (non-hydrogen) atoms. The van der Waals surface area contributed by atoms with Crippen LogP contribution in [0.15, 0.2) is 36.4 Å². The first kappa shape index (κ1) is 15.0. The number of amides is 1. The summed E-state index contributed by atoms with van der Waals surface area (Å²) in [5.74, 6) is -0.182. The second-order valence-corrected chi connectivity index (χ2v) is 5.64. The highest BCUT2D eigenvalue weighted by Gasteiger charge is 2.12. The molecule has 0 unspecified atom stereocenters. The monoisotopic (exact) mass is 309 g/mol. The summed E-state index contributed by atoms with van der Waals surface area (Å²) >= 11 is 0. The van der Waals surface area contributed by atoms with Crippen molar-refractivity contribution in [1.82, 2.24) is 19.6 Å². The third kappa shape index (κ3) is 3.01. The van der Waals surface area contributed by atoms with Crippen LogP contribution < -0.4 is 5.32 Å². The van der Waals surface area contributed by atoms with Gasteiger partial charge in [-0.15, -0.1) is 0 Å². The number of carbonyl (C=O) groups excluding carboxylic acids is 1. The van der Waals surface area contributed by atoms with Gasteiger partial charge in [-0.05, 0) is 51.1 Å². The van der Waals surface area contributed by atoms with Crippen LogP contribution in [0.3, 0.4) is 0 Å². The van der Waals surface area contributed by atoms with Gasteiger partial charge in [-0.1, -0.05) is 6.07 Å². The summed E-state index contributed by atoms with van der Waals surface area (Å²) in [7, 11) is 1.76. The molecule has 6 heteroatoms. The molecule has 1 aromatic carbocycles. The molecule has 2 heterocycles. The molecule has 0 aliphatic heterocycles. The van der Waals surface area contributed by atoms with E-state index in [9.17, 15) is 4.79 Å². The molecule has 0 bridgehead atoms. The fraction of sp³-hybridized carbons (Fsp3) is 0.235. The highest BCUT2D eigenvalue weighted by atomic mass is 16.2. The van der Waals surface area contributed by atoms with Gasteiger partial charge in [0.15, 0.2) is 0 Å². The third-order valence-corrected chi connectivity index (χ3v) is 3.59. The second-order valence-electron chi connectivity index (χ2n) is 5.64. The zero-order valence-electron chi connectivity index (χ0n) is 13.7. The van der Waals surface area contributed by atoms with Gasteiger partial charge in [0.25, 0.3) is 5.91 Å². The summed E-state index contributed by atoms with van der Waals surface area (Å²) in [5.41, 5.74) is 4.98. The molecule has 0 saturated heterocycles. The minimum absolute atomic E-state index is 0.182. The first-order valence-corrected chi connectivity index (χ1v) is 7.40. The molecule has 0 radical (unpaired) electrons. The lowest BCUT2D eigenvalue weighted by molar-refractivity contribution is 0.101. The van der Waals surface area contributed by atoms with Crippen molar-refractivity contribution in [3.05, 3.63) is 59.2 Å². The van der Waals surface area contributed by atoms with Crippen LogP contribution in [0.25, 0.3) is 5.69 Å². The van der Waals surface area contributed by atoms with E-state index in [1.54, 1.807) is 17.8 Å². The Kier molecular flexibility index (Phi) is 3.73. The number of aromatic nitrogens is 4. The van der Waals surface area contributed by atoms with Crippen molar-refractivity contribution in [1.29, 1.82) is 0 Å². The maximum absolute atomic E-state index is 12.4. The highest BCUT2D eigenvalue weighted by molar-refractivity contribution is 6.03. The van der Waals surface area contributed by atoms with Gasteiger partial charge in [0.2, 0.25) is 0 Å². The van der Waals surface area contributed by atoms with Crippen molar-refractivity contribution in [2.75, 3.05) is 5.32 Å². The predicted octanol–water partition coefficient (Wildman–Crippen LogP) is 2.78. The van der Waals surface area contributed by atoms with Crippen LogP contribution in [0.5, 0.6) is 0 Å². The first-order valence-electron chi connectivity index (χ1n) is 7.40. The summed E-state index contributed by atoms with van der Waals surface area (Å²) in [4.78, 5) is 12.4. The van der Waals surface area contributed by atoms with E-state index in [0.29, 0.717) is 5.69 Å². The Morgan fingerprint density at radius 3 is 2.39 bits per heavy atom. The maximum atomic E-state index is 12.4. The molecule has 0 fully saturated rings. The number of nitrogens with one attached hydrogen (secondary N) is 1. The molecule has 3 aromatic rings. The Balaban J connectivity index is 1.87. The number of hydrogen-bond donors (Lipinski definition) is 1. The van der Waals surface area contributed by atoms with Gasteiger partial charge in [0.1, 0.15) is 5.69 Å². The van der Waals surface area contributed by atoms with Crippen LogP contribution in [0.4, 0.5) is 5.69 Å². The van der Waals surface area contributed by atoms with Crippen molar-refractivity contribution < 1.29 is 4.79 Å². The second kappa shape index (κ2) is 5.72. The van der Waals surface area contributed by atoms with Crippen molar-refractivity contribution in [3.63, 3.8) is 0 Å². The number of hydrogen-bond acceptors (Lipinski definition) is 3. The maximum Gasteiger partial charge on any atom is 0.273 e. The molecule has 1 N–H and O–H groups in total. The Bertz CT molecular complexity index is 875. The molecule has 1 amide bonds. The van der Waals surface area contributed by atoms with Crippen LogP contribution >= 0.6 is 0 Å². The molecular weight excluding hydrogens is 290 g/mol. The quantitative estimate of drug-likeness (QED) is 0.809. The zero-order valence-corrected chi connectivity index (χ0v) is 13.7. The Morgan fingerprint density at radius 1 is 1.04 bits per heavy atom. The van der Waals surface area contributed by atoms with Crippen LogP contribution in [-0.4, -0.2) is 25.5 Å². The Labute approximate surface area is 134 Å². The van der Waals surface area contributed by atoms with Gasteiger partial charge in [-0.2, -0.15) is 10.2 Å². The van der Waals surface area contributed by atoms with Gasteiger partial charge in [0.05, 0.1) is 17.1 Å². The van der Waals surface area contributed by atoms with E-state index in [0.717, 1.165) is 28.5 Å². The van der Waals surface area contributed by atoms with Crippen molar-refractivity contribution >= 4 is 11.6 Å².